The lowest BCUT2D eigenvalue weighted by molar-refractivity contribution is -0.136. The Balaban J connectivity index is 1.49. The average Bonchev–Trinajstić information content (AvgIpc) is 3.01. The summed E-state index contributed by atoms with van der Waals surface area (Å²) in [5.74, 6) is -2.30. The topological polar surface area (TPSA) is 76.7 Å². The molecule has 0 spiro atoms. The van der Waals surface area contributed by atoms with Crippen LogP contribution in [-0.4, -0.2) is 25.2 Å². The van der Waals surface area contributed by atoms with Gasteiger partial charge in [-0.2, -0.15) is 0 Å². The maximum Gasteiger partial charge on any atom is 0.313 e. The number of benzene rings is 2. The number of amides is 2. The average molecular weight is 348 g/mol. The van der Waals surface area contributed by atoms with Crippen molar-refractivity contribution in [3.63, 3.8) is 0 Å². The summed E-state index contributed by atoms with van der Waals surface area (Å²) in [7, 11) is 0. The van der Waals surface area contributed by atoms with Gasteiger partial charge in [0.25, 0.3) is 0 Å². The fraction of sp³-hybridized carbons (Fsp3) is 0.176. The van der Waals surface area contributed by atoms with Gasteiger partial charge in [-0.25, -0.2) is 8.78 Å². The molecule has 0 unspecified atom stereocenters. The molecule has 25 heavy (non-hydrogen) atoms. The second kappa shape index (κ2) is 7.16. The highest BCUT2D eigenvalue weighted by atomic mass is 19.1. The Morgan fingerprint density at radius 2 is 1.68 bits per heavy atom. The van der Waals surface area contributed by atoms with Crippen LogP contribution in [0.4, 0.5) is 14.5 Å². The van der Waals surface area contributed by atoms with Crippen molar-refractivity contribution in [2.75, 3.05) is 18.7 Å². The first-order valence-electron chi connectivity index (χ1n) is 7.45. The first-order valence-corrected chi connectivity index (χ1v) is 7.45. The summed E-state index contributed by atoms with van der Waals surface area (Å²) >= 11 is 0. The lowest BCUT2D eigenvalue weighted by atomic mass is 10.1. The van der Waals surface area contributed by atoms with Crippen LogP contribution in [0.25, 0.3) is 0 Å². The minimum Gasteiger partial charge on any atom is -0.454 e. The molecule has 0 atom stereocenters. The minimum atomic E-state index is -1.00. The van der Waals surface area contributed by atoms with Crippen LogP contribution in [0.5, 0.6) is 11.5 Å². The molecular formula is C17H14F2N2O4. The highest BCUT2D eigenvalue weighted by Gasteiger charge is 2.15. The zero-order chi connectivity index (χ0) is 17.8. The number of carbonyl (C=O) groups excluding carboxylic acids is 2. The number of nitrogens with one attached hydrogen (secondary N) is 2. The monoisotopic (exact) mass is 348 g/mol. The summed E-state index contributed by atoms with van der Waals surface area (Å²) in [5.41, 5.74) is 0.769. The number of halogens is 2. The van der Waals surface area contributed by atoms with E-state index >= 15 is 0 Å². The highest BCUT2D eigenvalue weighted by molar-refractivity contribution is 6.39. The van der Waals surface area contributed by atoms with Gasteiger partial charge in [0.05, 0.1) is 0 Å². The molecule has 1 aliphatic heterocycles. The van der Waals surface area contributed by atoms with E-state index in [1.54, 1.807) is 12.1 Å². The summed E-state index contributed by atoms with van der Waals surface area (Å²) in [6.45, 7) is 0.389. The SMILES string of the molecule is O=C(NCCc1ccc2c(c1)OCO2)C(=O)Nc1cc(F)cc(F)c1. The zero-order valence-corrected chi connectivity index (χ0v) is 13.0. The maximum absolute atomic E-state index is 13.1. The number of ether oxygens (including phenoxy) is 2. The second-order valence-electron chi connectivity index (χ2n) is 5.31. The molecule has 0 aliphatic carbocycles. The van der Waals surface area contributed by atoms with E-state index in [4.69, 9.17) is 9.47 Å². The molecule has 3 rings (SSSR count). The second-order valence-corrected chi connectivity index (χ2v) is 5.31. The maximum atomic E-state index is 13.1. The summed E-state index contributed by atoms with van der Waals surface area (Å²) < 4.78 is 36.6. The Kier molecular flexibility index (Phi) is 4.78. The van der Waals surface area contributed by atoms with Gasteiger partial charge >= 0.3 is 11.8 Å². The van der Waals surface area contributed by atoms with Gasteiger partial charge in [-0.1, -0.05) is 6.07 Å². The van der Waals surface area contributed by atoms with Crippen LogP contribution in [0, 0.1) is 11.6 Å². The van der Waals surface area contributed by atoms with Crippen molar-refractivity contribution in [2.24, 2.45) is 0 Å². The predicted octanol–water partition coefficient (Wildman–Crippen LogP) is 1.99. The normalized spacial score (nSPS) is 11.9. The Bertz CT molecular complexity index is 806. The van der Waals surface area contributed by atoms with E-state index in [0.29, 0.717) is 24.0 Å². The van der Waals surface area contributed by atoms with Crippen LogP contribution in [0.2, 0.25) is 0 Å². The first kappa shape index (κ1) is 16.7. The Hall–Kier alpha value is -3.16. The van der Waals surface area contributed by atoms with Gasteiger partial charge in [0.2, 0.25) is 6.79 Å². The molecule has 1 heterocycles. The lowest BCUT2D eigenvalue weighted by Gasteiger charge is -2.07. The van der Waals surface area contributed by atoms with Crippen LogP contribution >= 0.6 is 0 Å². The fourth-order valence-electron chi connectivity index (χ4n) is 2.31. The van der Waals surface area contributed by atoms with Crippen LogP contribution in [0.3, 0.4) is 0 Å². The molecule has 1 aliphatic rings. The van der Waals surface area contributed by atoms with Crippen LogP contribution in [0.1, 0.15) is 5.56 Å². The summed E-state index contributed by atoms with van der Waals surface area (Å²) in [5, 5.41) is 4.58. The number of rotatable bonds is 4. The standard InChI is InChI=1S/C17H14F2N2O4/c18-11-6-12(19)8-13(7-11)21-17(23)16(22)20-4-3-10-1-2-14-15(5-10)25-9-24-14/h1-2,5-8H,3-4,9H2,(H,20,22)(H,21,23). The van der Waals surface area contributed by atoms with Gasteiger partial charge < -0.3 is 20.1 Å². The van der Waals surface area contributed by atoms with E-state index in [2.05, 4.69) is 10.6 Å². The summed E-state index contributed by atoms with van der Waals surface area (Å²) in [4.78, 5) is 23.5. The molecular weight excluding hydrogens is 334 g/mol. The molecule has 130 valence electrons. The van der Waals surface area contributed by atoms with Gasteiger partial charge in [-0.05, 0) is 36.2 Å². The van der Waals surface area contributed by atoms with Gasteiger partial charge in [0, 0.05) is 18.3 Å². The Labute approximate surface area is 141 Å². The molecule has 0 bridgehead atoms. The van der Waals surface area contributed by atoms with Gasteiger partial charge in [-0.3, -0.25) is 9.59 Å². The quantitative estimate of drug-likeness (QED) is 0.829. The summed E-state index contributed by atoms with van der Waals surface area (Å²) in [6, 6.07) is 7.90. The van der Waals surface area contributed by atoms with Gasteiger partial charge in [0.1, 0.15) is 11.6 Å². The van der Waals surface area contributed by atoms with E-state index in [1.807, 2.05) is 6.07 Å². The number of anilines is 1. The van der Waals surface area contributed by atoms with Crippen molar-refractivity contribution in [1.29, 1.82) is 0 Å². The predicted molar refractivity (Wildman–Crippen MR) is 84.3 cm³/mol. The van der Waals surface area contributed by atoms with E-state index in [0.717, 1.165) is 17.7 Å². The van der Waals surface area contributed by atoms with E-state index in [-0.39, 0.29) is 19.0 Å². The number of fused-ring (bicyclic) bond motifs is 1. The third-order valence-corrected chi connectivity index (χ3v) is 3.46. The van der Waals surface area contributed by atoms with Crippen LogP contribution in [0.15, 0.2) is 36.4 Å². The van der Waals surface area contributed by atoms with E-state index < -0.39 is 23.4 Å². The molecule has 0 radical (unpaired) electrons. The van der Waals surface area contributed by atoms with Gasteiger partial charge in [0.15, 0.2) is 11.5 Å². The van der Waals surface area contributed by atoms with Crippen LogP contribution < -0.4 is 20.1 Å². The van der Waals surface area contributed by atoms with Crippen molar-refractivity contribution in [1.82, 2.24) is 5.32 Å². The van der Waals surface area contributed by atoms with Gasteiger partial charge in [-0.15, -0.1) is 0 Å². The Morgan fingerprint density at radius 3 is 2.44 bits per heavy atom. The molecule has 0 saturated carbocycles. The van der Waals surface area contributed by atoms with Crippen LogP contribution in [-0.2, 0) is 16.0 Å². The first-order chi connectivity index (χ1) is 12.0. The third-order valence-electron chi connectivity index (χ3n) is 3.46. The molecule has 8 heteroatoms. The minimum absolute atomic E-state index is 0.131. The van der Waals surface area contributed by atoms with Crippen molar-refractivity contribution in [3.05, 3.63) is 53.6 Å². The smallest absolute Gasteiger partial charge is 0.313 e. The number of hydrogen-bond donors (Lipinski definition) is 2. The van der Waals surface area contributed by atoms with Crippen molar-refractivity contribution >= 4 is 17.5 Å². The third kappa shape index (κ3) is 4.23. The molecule has 2 aromatic rings. The molecule has 0 aromatic heterocycles. The Morgan fingerprint density at radius 1 is 0.960 bits per heavy atom. The lowest BCUT2D eigenvalue weighted by Crippen LogP contribution is -2.36. The molecule has 6 nitrogen and oxygen atoms in total. The van der Waals surface area contributed by atoms with Crippen molar-refractivity contribution < 1.29 is 27.8 Å². The van der Waals surface area contributed by atoms with E-state index in [9.17, 15) is 18.4 Å². The van der Waals surface area contributed by atoms with Crippen molar-refractivity contribution in [3.8, 4) is 11.5 Å². The fourth-order valence-corrected chi connectivity index (χ4v) is 2.31. The largest absolute Gasteiger partial charge is 0.454 e. The van der Waals surface area contributed by atoms with E-state index in [1.165, 1.54) is 0 Å². The summed E-state index contributed by atoms with van der Waals surface area (Å²) in [6.07, 6.45) is 0.476. The molecule has 0 saturated heterocycles. The zero-order valence-electron chi connectivity index (χ0n) is 13.0. The highest BCUT2D eigenvalue weighted by Crippen LogP contribution is 2.32. The number of hydrogen-bond acceptors (Lipinski definition) is 4. The molecule has 2 aromatic carbocycles. The molecule has 0 fully saturated rings. The van der Waals surface area contributed by atoms with Crippen molar-refractivity contribution in [2.45, 2.75) is 6.42 Å². The molecule has 2 N–H and O–H groups in total. The molecule has 2 amide bonds. The number of carbonyl (C=O) groups is 2.